The van der Waals surface area contributed by atoms with Crippen molar-refractivity contribution in [1.82, 2.24) is 4.90 Å². The Morgan fingerprint density at radius 3 is 2.75 bits per heavy atom. The van der Waals surface area contributed by atoms with Crippen molar-refractivity contribution in [2.45, 2.75) is 6.42 Å². The Labute approximate surface area is 95.3 Å². The summed E-state index contributed by atoms with van der Waals surface area (Å²) in [6.07, 6.45) is 5.70. The fourth-order valence-corrected chi connectivity index (χ4v) is 2.23. The topological polar surface area (TPSA) is 15.5 Å². The van der Waals surface area contributed by atoms with E-state index in [1.807, 2.05) is 12.1 Å². The number of benzene rings is 1. The van der Waals surface area contributed by atoms with Crippen LogP contribution in [-0.2, 0) is 0 Å². The summed E-state index contributed by atoms with van der Waals surface area (Å²) >= 11 is 0. The standard InChI is InChI=1S/C13H15N2O/c1-16-13-6-4-11(5-7-13)15-9-12-3-2-8-14(12)10-15/h3-7,9H,2,8,10H2,1H3/q+1. The Bertz CT molecular complexity index is 459. The van der Waals surface area contributed by atoms with E-state index in [4.69, 9.17) is 4.74 Å². The molecule has 2 heterocycles. The lowest BCUT2D eigenvalue weighted by Gasteiger charge is -2.08. The van der Waals surface area contributed by atoms with Gasteiger partial charge in [-0.15, -0.1) is 0 Å². The highest BCUT2D eigenvalue weighted by Gasteiger charge is 2.28. The Kier molecular flexibility index (Phi) is 2.17. The second kappa shape index (κ2) is 3.67. The monoisotopic (exact) mass is 215 g/mol. The zero-order chi connectivity index (χ0) is 11.0. The summed E-state index contributed by atoms with van der Waals surface area (Å²) in [4.78, 5) is 2.39. The first kappa shape index (κ1) is 9.46. The first-order chi connectivity index (χ1) is 7.86. The van der Waals surface area contributed by atoms with Gasteiger partial charge in [-0.1, -0.05) is 6.08 Å². The normalized spacial score (nSPS) is 18.2. The van der Waals surface area contributed by atoms with E-state index in [0.717, 1.165) is 19.0 Å². The van der Waals surface area contributed by atoms with Gasteiger partial charge < -0.3 is 9.64 Å². The second-order valence-corrected chi connectivity index (χ2v) is 4.12. The highest BCUT2D eigenvalue weighted by atomic mass is 16.5. The lowest BCUT2D eigenvalue weighted by atomic mass is 10.3. The van der Waals surface area contributed by atoms with Crippen molar-refractivity contribution in [2.24, 2.45) is 0 Å². The Morgan fingerprint density at radius 1 is 1.25 bits per heavy atom. The zero-order valence-electron chi connectivity index (χ0n) is 9.39. The number of hydrogen-bond donors (Lipinski definition) is 0. The molecule has 0 unspecified atom stereocenters. The fraction of sp³-hybridized carbons (Fsp3) is 0.308. The van der Waals surface area contributed by atoms with Crippen LogP contribution in [0, 0.1) is 0 Å². The van der Waals surface area contributed by atoms with Crippen LogP contribution < -0.4 is 4.74 Å². The van der Waals surface area contributed by atoms with Crippen molar-refractivity contribution in [3.05, 3.63) is 36.0 Å². The van der Waals surface area contributed by atoms with Crippen LogP contribution in [0.4, 0.5) is 5.69 Å². The van der Waals surface area contributed by atoms with Crippen LogP contribution >= 0.6 is 0 Å². The smallest absolute Gasteiger partial charge is 0.224 e. The van der Waals surface area contributed by atoms with E-state index in [2.05, 4.69) is 33.9 Å². The molecule has 1 aromatic rings. The molecule has 0 amide bonds. The summed E-state index contributed by atoms with van der Waals surface area (Å²) in [7, 11) is 1.69. The molecule has 2 aliphatic heterocycles. The van der Waals surface area contributed by atoms with E-state index in [1.165, 1.54) is 17.8 Å². The van der Waals surface area contributed by atoms with Crippen LogP contribution in [-0.4, -0.2) is 36.0 Å². The molecule has 3 rings (SSSR count). The van der Waals surface area contributed by atoms with Gasteiger partial charge in [0.1, 0.15) is 11.4 Å². The van der Waals surface area contributed by atoms with E-state index >= 15 is 0 Å². The summed E-state index contributed by atoms with van der Waals surface area (Å²) in [6.45, 7) is 2.12. The van der Waals surface area contributed by atoms with Crippen molar-refractivity contribution >= 4 is 11.9 Å². The van der Waals surface area contributed by atoms with E-state index in [9.17, 15) is 0 Å². The summed E-state index contributed by atoms with van der Waals surface area (Å²) in [5.74, 6) is 0.905. The maximum absolute atomic E-state index is 5.16. The summed E-state index contributed by atoms with van der Waals surface area (Å²) < 4.78 is 7.42. The third-order valence-electron chi connectivity index (χ3n) is 3.13. The molecular formula is C13H15N2O+. The molecule has 16 heavy (non-hydrogen) atoms. The molecule has 0 spiro atoms. The molecule has 0 N–H and O–H groups in total. The van der Waals surface area contributed by atoms with Crippen LogP contribution in [0.2, 0.25) is 0 Å². The first-order valence-electron chi connectivity index (χ1n) is 5.57. The number of fused-ring (bicyclic) bond motifs is 1. The maximum Gasteiger partial charge on any atom is 0.224 e. The minimum absolute atomic E-state index is 0.905. The van der Waals surface area contributed by atoms with E-state index in [0.29, 0.717) is 0 Å². The van der Waals surface area contributed by atoms with E-state index in [1.54, 1.807) is 7.11 Å². The average molecular weight is 215 g/mol. The number of allylic oxidation sites excluding steroid dienone is 1. The van der Waals surface area contributed by atoms with E-state index < -0.39 is 0 Å². The third-order valence-corrected chi connectivity index (χ3v) is 3.13. The number of rotatable bonds is 2. The summed E-state index contributed by atoms with van der Waals surface area (Å²) in [5.41, 5.74) is 2.58. The number of ether oxygens (including phenoxy) is 1. The molecule has 0 atom stereocenters. The predicted octanol–water partition coefficient (Wildman–Crippen LogP) is 1.97. The molecule has 0 aromatic heterocycles. The number of nitrogens with zero attached hydrogens (tertiary/aromatic N) is 2. The zero-order valence-corrected chi connectivity index (χ0v) is 9.39. The minimum Gasteiger partial charge on any atom is -0.497 e. The van der Waals surface area contributed by atoms with Crippen LogP contribution in [0.15, 0.2) is 36.0 Å². The predicted molar refractivity (Wildman–Crippen MR) is 63.3 cm³/mol. The van der Waals surface area contributed by atoms with Crippen LogP contribution in [0.1, 0.15) is 6.42 Å². The average Bonchev–Trinajstić information content (AvgIpc) is 2.89. The molecule has 3 nitrogen and oxygen atoms in total. The first-order valence-corrected chi connectivity index (χ1v) is 5.57. The minimum atomic E-state index is 0.905. The van der Waals surface area contributed by atoms with Gasteiger partial charge >= 0.3 is 0 Å². The Balaban J connectivity index is 1.88. The molecule has 1 aromatic carbocycles. The summed E-state index contributed by atoms with van der Waals surface area (Å²) in [5, 5.41) is 0. The van der Waals surface area contributed by atoms with Gasteiger partial charge in [-0.3, -0.25) is 0 Å². The molecule has 2 aliphatic rings. The van der Waals surface area contributed by atoms with E-state index in [-0.39, 0.29) is 0 Å². The SMILES string of the molecule is COc1ccc([N+]2=CC3=CCCN3C2)cc1. The van der Waals surface area contributed by atoms with Crippen LogP contribution in [0.5, 0.6) is 5.75 Å². The van der Waals surface area contributed by atoms with Crippen molar-refractivity contribution in [3.8, 4) is 5.75 Å². The van der Waals surface area contributed by atoms with Crippen LogP contribution in [0.3, 0.4) is 0 Å². The number of hydrogen-bond acceptors (Lipinski definition) is 2. The van der Waals surface area contributed by atoms with Gasteiger partial charge in [0.05, 0.1) is 7.11 Å². The lowest BCUT2D eigenvalue weighted by Crippen LogP contribution is -2.19. The molecule has 0 saturated heterocycles. The van der Waals surface area contributed by atoms with Gasteiger partial charge in [0.2, 0.25) is 12.4 Å². The molecular weight excluding hydrogens is 200 g/mol. The Morgan fingerprint density at radius 2 is 2.06 bits per heavy atom. The molecule has 0 saturated carbocycles. The van der Waals surface area contributed by atoms with Gasteiger partial charge in [-0.25, -0.2) is 0 Å². The van der Waals surface area contributed by atoms with Crippen LogP contribution in [0.25, 0.3) is 0 Å². The van der Waals surface area contributed by atoms with Gasteiger partial charge in [-0.05, 0) is 18.6 Å². The second-order valence-electron chi connectivity index (χ2n) is 4.12. The molecule has 0 fully saturated rings. The fourth-order valence-electron chi connectivity index (χ4n) is 2.23. The highest BCUT2D eigenvalue weighted by Crippen LogP contribution is 2.24. The van der Waals surface area contributed by atoms with Gasteiger partial charge in [0, 0.05) is 18.7 Å². The number of methoxy groups -OCH3 is 1. The molecule has 0 radical (unpaired) electrons. The lowest BCUT2D eigenvalue weighted by molar-refractivity contribution is -0.446. The van der Waals surface area contributed by atoms with Crippen molar-refractivity contribution < 1.29 is 9.31 Å². The largest absolute Gasteiger partial charge is 0.497 e. The Hall–Kier alpha value is -1.77. The third kappa shape index (κ3) is 1.48. The van der Waals surface area contributed by atoms with Crippen molar-refractivity contribution in [1.29, 1.82) is 0 Å². The molecule has 3 heteroatoms. The molecule has 82 valence electrons. The van der Waals surface area contributed by atoms with Gasteiger partial charge in [-0.2, -0.15) is 4.58 Å². The molecule has 0 bridgehead atoms. The van der Waals surface area contributed by atoms with Crippen molar-refractivity contribution in [2.75, 3.05) is 20.3 Å². The quantitative estimate of drug-likeness (QED) is 0.701. The van der Waals surface area contributed by atoms with Gasteiger partial charge in [0.15, 0.2) is 6.21 Å². The molecule has 0 aliphatic carbocycles. The highest BCUT2D eigenvalue weighted by molar-refractivity contribution is 5.76. The van der Waals surface area contributed by atoms with Crippen molar-refractivity contribution in [3.63, 3.8) is 0 Å². The van der Waals surface area contributed by atoms with Gasteiger partial charge in [0.25, 0.3) is 0 Å². The summed E-state index contributed by atoms with van der Waals surface area (Å²) in [6, 6.07) is 8.19. The maximum atomic E-state index is 5.16.